The van der Waals surface area contributed by atoms with Crippen molar-refractivity contribution in [1.82, 2.24) is 4.90 Å². The molecule has 5 nitrogen and oxygen atoms in total. The van der Waals surface area contributed by atoms with Crippen LogP contribution in [-0.4, -0.2) is 40.6 Å². The molecule has 0 saturated carbocycles. The molecule has 3 aliphatic rings. The summed E-state index contributed by atoms with van der Waals surface area (Å²) in [5, 5.41) is 0.599. The summed E-state index contributed by atoms with van der Waals surface area (Å²) in [6.07, 6.45) is 4.57. The Morgan fingerprint density at radius 2 is 1.77 bits per heavy atom. The molecule has 0 spiro atoms. The summed E-state index contributed by atoms with van der Waals surface area (Å²) >= 11 is 6.19. The van der Waals surface area contributed by atoms with Gasteiger partial charge in [-0.05, 0) is 37.1 Å². The minimum absolute atomic E-state index is 0.138. The quantitative estimate of drug-likeness (QED) is 0.534. The number of benzene rings is 2. The molecule has 2 aromatic rings. The summed E-state index contributed by atoms with van der Waals surface area (Å²) in [5.74, 6) is -1.83. The van der Waals surface area contributed by atoms with Crippen molar-refractivity contribution in [2.45, 2.75) is 38.4 Å². The first-order chi connectivity index (χ1) is 14.9. The molecule has 0 unspecified atom stereocenters. The van der Waals surface area contributed by atoms with E-state index in [-0.39, 0.29) is 29.7 Å². The van der Waals surface area contributed by atoms with Crippen molar-refractivity contribution in [3.8, 4) is 0 Å². The van der Waals surface area contributed by atoms with E-state index in [0.717, 1.165) is 11.3 Å². The number of amides is 2. The highest BCUT2D eigenvalue weighted by Crippen LogP contribution is 2.49. The van der Waals surface area contributed by atoms with Gasteiger partial charge in [0, 0.05) is 22.3 Å². The van der Waals surface area contributed by atoms with Crippen LogP contribution in [-0.2, 0) is 9.59 Å². The van der Waals surface area contributed by atoms with E-state index in [1.54, 1.807) is 18.2 Å². The molecule has 0 aliphatic carbocycles. The Labute approximate surface area is 186 Å². The SMILES string of the molecule is CC[C@H](C)N1C(=O)[C@@H]2[C@H](C1=O)[C@@H](C(=O)c1ccccc1)N1c3ccc(Cl)cc3C=C[C@@H]21. The summed E-state index contributed by atoms with van der Waals surface area (Å²) in [4.78, 5) is 44.1. The standard InChI is InChI=1S/C25H23ClN2O3/c1-3-14(2)27-24(30)20-19-11-9-16-13-17(26)10-12-18(16)28(19)22(21(20)25(27)31)23(29)15-7-5-4-6-8-15/h4-14,19-22H,3H2,1-2H3/t14-,19-,20-,21-,22-/m0/s1. The number of carbonyl (C=O) groups is 3. The second kappa shape index (κ2) is 7.34. The number of halogens is 1. The van der Waals surface area contributed by atoms with E-state index in [1.165, 1.54) is 4.90 Å². The lowest BCUT2D eigenvalue weighted by Crippen LogP contribution is -2.50. The first-order valence-electron chi connectivity index (χ1n) is 10.7. The minimum Gasteiger partial charge on any atom is -0.352 e. The summed E-state index contributed by atoms with van der Waals surface area (Å²) in [7, 11) is 0. The molecule has 6 heteroatoms. The Kier molecular flexibility index (Phi) is 4.74. The lowest BCUT2D eigenvalue weighted by molar-refractivity contribution is -0.142. The van der Waals surface area contributed by atoms with Gasteiger partial charge >= 0.3 is 0 Å². The van der Waals surface area contributed by atoms with Gasteiger partial charge in [0.2, 0.25) is 11.8 Å². The van der Waals surface area contributed by atoms with Crippen molar-refractivity contribution in [3.05, 3.63) is 70.8 Å². The first kappa shape index (κ1) is 20.0. The summed E-state index contributed by atoms with van der Waals surface area (Å²) in [6.45, 7) is 3.84. The van der Waals surface area contributed by atoms with Crippen molar-refractivity contribution in [2.75, 3.05) is 4.90 Å². The minimum atomic E-state index is -0.743. The third-order valence-corrected chi connectivity index (χ3v) is 7.10. The Hall–Kier alpha value is -2.92. The Morgan fingerprint density at radius 3 is 2.48 bits per heavy atom. The molecule has 2 amide bonds. The molecule has 2 saturated heterocycles. The largest absolute Gasteiger partial charge is 0.352 e. The van der Waals surface area contributed by atoms with Crippen LogP contribution >= 0.6 is 11.6 Å². The number of rotatable bonds is 4. The lowest BCUT2D eigenvalue weighted by Gasteiger charge is -2.37. The third kappa shape index (κ3) is 2.87. The number of fused-ring (bicyclic) bond motifs is 5. The third-order valence-electron chi connectivity index (χ3n) is 6.86. The van der Waals surface area contributed by atoms with Crippen LogP contribution in [0.3, 0.4) is 0 Å². The zero-order chi connectivity index (χ0) is 21.9. The Balaban J connectivity index is 1.66. The Morgan fingerprint density at radius 1 is 1.06 bits per heavy atom. The molecular weight excluding hydrogens is 412 g/mol. The van der Waals surface area contributed by atoms with Gasteiger partial charge < -0.3 is 4.90 Å². The van der Waals surface area contributed by atoms with Gasteiger partial charge in [-0.25, -0.2) is 0 Å². The average Bonchev–Trinajstić information content (AvgIpc) is 3.26. The fourth-order valence-electron chi connectivity index (χ4n) is 5.26. The topological polar surface area (TPSA) is 57.7 Å². The van der Waals surface area contributed by atoms with Gasteiger partial charge in [0.15, 0.2) is 5.78 Å². The van der Waals surface area contributed by atoms with E-state index in [1.807, 2.05) is 61.2 Å². The predicted molar refractivity (Wildman–Crippen MR) is 120 cm³/mol. The molecule has 2 aromatic carbocycles. The molecular formula is C25H23ClN2O3. The van der Waals surface area contributed by atoms with Gasteiger partial charge in [-0.3, -0.25) is 19.3 Å². The zero-order valence-corrected chi connectivity index (χ0v) is 18.1. The average molecular weight is 435 g/mol. The number of hydrogen-bond donors (Lipinski definition) is 0. The molecule has 158 valence electrons. The number of hydrogen-bond acceptors (Lipinski definition) is 4. The maximum absolute atomic E-state index is 13.7. The van der Waals surface area contributed by atoms with Crippen LogP contribution in [0.2, 0.25) is 5.02 Å². The van der Waals surface area contributed by atoms with E-state index in [0.29, 0.717) is 17.0 Å². The number of likely N-dealkylation sites (tertiary alicyclic amines) is 1. The molecule has 0 aromatic heterocycles. The van der Waals surface area contributed by atoms with Crippen LogP contribution < -0.4 is 4.90 Å². The Bertz CT molecular complexity index is 1110. The van der Waals surface area contributed by atoms with E-state index in [4.69, 9.17) is 11.6 Å². The number of imide groups is 1. The molecule has 5 rings (SSSR count). The highest BCUT2D eigenvalue weighted by Gasteiger charge is 2.64. The molecule has 31 heavy (non-hydrogen) atoms. The van der Waals surface area contributed by atoms with Gasteiger partial charge in [0.1, 0.15) is 6.04 Å². The van der Waals surface area contributed by atoms with Crippen molar-refractivity contribution in [3.63, 3.8) is 0 Å². The molecule has 0 radical (unpaired) electrons. The van der Waals surface area contributed by atoms with Gasteiger partial charge in [-0.1, -0.05) is 61.0 Å². The second-order valence-corrected chi connectivity index (χ2v) is 8.93. The van der Waals surface area contributed by atoms with E-state index in [9.17, 15) is 14.4 Å². The van der Waals surface area contributed by atoms with Gasteiger partial charge in [-0.2, -0.15) is 0 Å². The maximum atomic E-state index is 13.7. The number of carbonyl (C=O) groups excluding carboxylic acids is 3. The van der Waals surface area contributed by atoms with Crippen molar-refractivity contribution >= 4 is 41.0 Å². The number of nitrogens with zero attached hydrogens (tertiary/aromatic N) is 2. The number of ketones is 1. The van der Waals surface area contributed by atoms with E-state index >= 15 is 0 Å². The lowest BCUT2D eigenvalue weighted by atomic mass is 9.86. The van der Waals surface area contributed by atoms with E-state index in [2.05, 4.69) is 0 Å². The van der Waals surface area contributed by atoms with Crippen molar-refractivity contribution < 1.29 is 14.4 Å². The van der Waals surface area contributed by atoms with Gasteiger partial charge in [0.05, 0.1) is 17.9 Å². The van der Waals surface area contributed by atoms with Crippen LogP contribution in [0.4, 0.5) is 5.69 Å². The highest BCUT2D eigenvalue weighted by molar-refractivity contribution is 6.30. The number of Topliss-reactive ketones (excluding diaryl/α,β-unsaturated/α-hetero) is 1. The normalized spacial score (nSPS) is 27.2. The van der Waals surface area contributed by atoms with Gasteiger partial charge in [-0.15, -0.1) is 0 Å². The summed E-state index contributed by atoms with van der Waals surface area (Å²) in [6, 6.07) is 13.2. The molecule has 0 bridgehead atoms. The molecule has 3 aliphatic heterocycles. The van der Waals surface area contributed by atoms with Gasteiger partial charge in [0.25, 0.3) is 0 Å². The monoisotopic (exact) mass is 434 g/mol. The molecule has 5 atom stereocenters. The van der Waals surface area contributed by atoms with Crippen LogP contribution in [0.15, 0.2) is 54.6 Å². The first-order valence-corrected chi connectivity index (χ1v) is 11.0. The highest BCUT2D eigenvalue weighted by atomic mass is 35.5. The van der Waals surface area contributed by atoms with E-state index < -0.39 is 17.9 Å². The van der Waals surface area contributed by atoms with Crippen LogP contribution in [0.1, 0.15) is 36.2 Å². The fraction of sp³-hybridized carbons (Fsp3) is 0.320. The molecule has 3 heterocycles. The zero-order valence-electron chi connectivity index (χ0n) is 17.4. The number of anilines is 1. The van der Waals surface area contributed by atoms with Crippen LogP contribution in [0.25, 0.3) is 6.08 Å². The summed E-state index contributed by atoms with van der Waals surface area (Å²) in [5.41, 5.74) is 2.25. The fourth-order valence-corrected chi connectivity index (χ4v) is 5.44. The van der Waals surface area contributed by atoms with Crippen LogP contribution in [0, 0.1) is 11.8 Å². The molecule has 2 fully saturated rings. The van der Waals surface area contributed by atoms with Crippen molar-refractivity contribution in [2.24, 2.45) is 11.8 Å². The summed E-state index contributed by atoms with van der Waals surface area (Å²) < 4.78 is 0. The smallest absolute Gasteiger partial charge is 0.236 e. The van der Waals surface area contributed by atoms with Crippen LogP contribution in [0.5, 0.6) is 0 Å². The molecule has 0 N–H and O–H groups in total. The van der Waals surface area contributed by atoms with Crippen molar-refractivity contribution in [1.29, 1.82) is 0 Å². The predicted octanol–water partition coefficient (Wildman–Crippen LogP) is 4.21. The maximum Gasteiger partial charge on any atom is 0.236 e. The second-order valence-electron chi connectivity index (χ2n) is 8.49.